The molecular formula is C23H28ClN3O3. The molecule has 160 valence electrons. The van der Waals surface area contributed by atoms with E-state index in [1.54, 1.807) is 31.5 Å². The number of methoxy groups -OCH3 is 1. The van der Waals surface area contributed by atoms with E-state index in [9.17, 15) is 4.79 Å². The van der Waals surface area contributed by atoms with Crippen LogP contribution in [0.2, 0.25) is 5.02 Å². The molecule has 0 atom stereocenters. The molecule has 1 aromatic heterocycles. The molecule has 0 saturated carbocycles. The van der Waals surface area contributed by atoms with E-state index in [2.05, 4.69) is 16.0 Å². The van der Waals surface area contributed by atoms with Crippen molar-refractivity contribution >= 4 is 23.6 Å². The third-order valence-electron chi connectivity index (χ3n) is 4.84. The molecule has 0 spiro atoms. The van der Waals surface area contributed by atoms with Gasteiger partial charge in [-0.1, -0.05) is 17.7 Å². The van der Waals surface area contributed by atoms with Crippen LogP contribution >= 0.6 is 11.6 Å². The van der Waals surface area contributed by atoms with Crippen LogP contribution in [0.25, 0.3) is 6.08 Å². The second kappa shape index (κ2) is 10.5. The maximum Gasteiger partial charge on any atom is 0.246 e. The molecule has 0 N–H and O–H groups in total. The number of carbonyl (C=O) groups is 1. The Morgan fingerprint density at radius 2 is 2.03 bits per heavy atom. The minimum Gasteiger partial charge on any atom is -0.493 e. The molecular weight excluding hydrogens is 402 g/mol. The summed E-state index contributed by atoms with van der Waals surface area (Å²) < 4.78 is 11.1. The van der Waals surface area contributed by atoms with Crippen molar-refractivity contribution in [2.75, 3.05) is 33.3 Å². The molecule has 1 aromatic carbocycles. The van der Waals surface area contributed by atoms with Crippen LogP contribution in [0.15, 0.2) is 42.7 Å². The fraction of sp³-hybridized carbons (Fsp3) is 0.391. The maximum absolute atomic E-state index is 12.6. The number of amides is 1. The van der Waals surface area contributed by atoms with Crippen molar-refractivity contribution in [3.8, 4) is 11.5 Å². The van der Waals surface area contributed by atoms with Crippen LogP contribution in [-0.4, -0.2) is 60.1 Å². The van der Waals surface area contributed by atoms with E-state index in [0.717, 1.165) is 25.2 Å². The zero-order valence-electron chi connectivity index (χ0n) is 17.7. The highest BCUT2D eigenvalue weighted by atomic mass is 35.5. The monoisotopic (exact) mass is 429 g/mol. The first-order chi connectivity index (χ1) is 14.5. The molecule has 7 heteroatoms. The summed E-state index contributed by atoms with van der Waals surface area (Å²) in [5.74, 6) is 1.06. The molecule has 2 heterocycles. The van der Waals surface area contributed by atoms with Gasteiger partial charge in [-0.05, 0) is 49.2 Å². The molecule has 2 aromatic rings. The number of piperazine rings is 1. The third-order valence-corrected chi connectivity index (χ3v) is 5.12. The van der Waals surface area contributed by atoms with Crippen molar-refractivity contribution in [2.45, 2.75) is 26.5 Å². The van der Waals surface area contributed by atoms with Gasteiger partial charge < -0.3 is 14.4 Å². The Bertz CT molecular complexity index is 879. The van der Waals surface area contributed by atoms with Crippen molar-refractivity contribution in [1.82, 2.24) is 14.8 Å². The van der Waals surface area contributed by atoms with Crippen molar-refractivity contribution < 1.29 is 14.3 Å². The highest BCUT2D eigenvalue weighted by molar-refractivity contribution is 6.32. The van der Waals surface area contributed by atoms with Crippen LogP contribution in [0.4, 0.5) is 0 Å². The zero-order chi connectivity index (χ0) is 21.5. The van der Waals surface area contributed by atoms with Crippen LogP contribution in [-0.2, 0) is 11.3 Å². The molecule has 1 fully saturated rings. The lowest BCUT2D eigenvalue weighted by Crippen LogP contribution is -2.47. The number of hydrogen-bond acceptors (Lipinski definition) is 5. The molecule has 1 amide bonds. The topological polar surface area (TPSA) is 54.9 Å². The number of rotatable bonds is 7. The molecule has 0 bridgehead atoms. The van der Waals surface area contributed by atoms with Crippen LogP contribution < -0.4 is 9.47 Å². The van der Waals surface area contributed by atoms with Gasteiger partial charge in [0, 0.05) is 51.2 Å². The largest absolute Gasteiger partial charge is 0.493 e. The Hall–Kier alpha value is -2.57. The van der Waals surface area contributed by atoms with Gasteiger partial charge in [-0.15, -0.1) is 0 Å². The molecule has 0 unspecified atom stereocenters. The predicted octanol–water partition coefficient (Wildman–Crippen LogP) is 3.89. The maximum atomic E-state index is 12.6. The zero-order valence-corrected chi connectivity index (χ0v) is 18.4. The lowest BCUT2D eigenvalue weighted by molar-refractivity contribution is -0.127. The van der Waals surface area contributed by atoms with Crippen LogP contribution in [0.1, 0.15) is 25.0 Å². The lowest BCUT2D eigenvalue weighted by atomic mass is 10.1. The Morgan fingerprint density at radius 3 is 2.67 bits per heavy atom. The van der Waals surface area contributed by atoms with Gasteiger partial charge in [-0.3, -0.25) is 14.7 Å². The Kier molecular flexibility index (Phi) is 7.71. The quantitative estimate of drug-likeness (QED) is 0.625. The van der Waals surface area contributed by atoms with Crippen molar-refractivity contribution in [1.29, 1.82) is 0 Å². The second-order valence-corrected chi connectivity index (χ2v) is 7.90. The molecule has 30 heavy (non-hydrogen) atoms. The number of carbonyl (C=O) groups excluding carboxylic acids is 1. The fourth-order valence-electron chi connectivity index (χ4n) is 3.34. The minimum absolute atomic E-state index is 0.00590. The number of ether oxygens (including phenoxy) is 2. The summed E-state index contributed by atoms with van der Waals surface area (Å²) >= 11 is 6.36. The van der Waals surface area contributed by atoms with E-state index in [1.165, 1.54) is 5.56 Å². The number of nitrogens with zero attached hydrogens (tertiary/aromatic N) is 3. The summed E-state index contributed by atoms with van der Waals surface area (Å²) in [5.41, 5.74) is 1.98. The van der Waals surface area contributed by atoms with E-state index in [4.69, 9.17) is 21.1 Å². The normalized spacial score (nSPS) is 15.0. The average molecular weight is 430 g/mol. The van der Waals surface area contributed by atoms with Crippen molar-refractivity contribution in [2.24, 2.45) is 0 Å². The highest BCUT2D eigenvalue weighted by Gasteiger charge is 2.20. The first-order valence-corrected chi connectivity index (χ1v) is 10.5. The van der Waals surface area contributed by atoms with E-state index < -0.39 is 0 Å². The van der Waals surface area contributed by atoms with Gasteiger partial charge in [0.05, 0.1) is 18.2 Å². The van der Waals surface area contributed by atoms with E-state index in [-0.39, 0.29) is 12.0 Å². The summed E-state index contributed by atoms with van der Waals surface area (Å²) in [5, 5.41) is 0.458. The fourth-order valence-corrected chi connectivity index (χ4v) is 3.60. The molecule has 0 radical (unpaired) electrons. The lowest BCUT2D eigenvalue weighted by Gasteiger charge is -2.34. The van der Waals surface area contributed by atoms with E-state index in [1.807, 2.05) is 37.1 Å². The number of aromatic nitrogens is 1. The van der Waals surface area contributed by atoms with Gasteiger partial charge in [0.15, 0.2) is 11.5 Å². The number of halogens is 1. The van der Waals surface area contributed by atoms with E-state index in [0.29, 0.717) is 29.6 Å². The summed E-state index contributed by atoms with van der Waals surface area (Å²) in [7, 11) is 1.57. The Morgan fingerprint density at radius 1 is 1.27 bits per heavy atom. The Balaban J connectivity index is 1.58. The van der Waals surface area contributed by atoms with Crippen LogP contribution in [0.3, 0.4) is 0 Å². The smallest absolute Gasteiger partial charge is 0.246 e. The second-order valence-electron chi connectivity index (χ2n) is 7.50. The van der Waals surface area contributed by atoms with Crippen LogP contribution in [0, 0.1) is 0 Å². The highest BCUT2D eigenvalue weighted by Crippen LogP contribution is 2.37. The first-order valence-electron chi connectivity index (χ1n) is 10.1. The number of benzene rings is 1. The molecule has 1 aliphatic rings. The van der Waals surface area contributed by atoms with Gasteiger partial charge in [-0.2, -0.15) is 0 Å². The third kappa shape index (κ3) is 5.97. The Labute approximate surface area is 183 Å². The van der Waals surface area contributed by atoms with Gasteiger partial charge in [-0.25, -0.2) is 0 Å². The molecule has 3 rings (SSSR count). The van der Waals surface area contributed by atoms with Gasteiger partial charge in [0.2, 0.25) is 5.91 Å². The summed E-state index contributed by atoms with van der Waals surface area (Å²) in [6, 6.07) is 7.61. The van der Waals surface area contributed by atoms with Crippen molar-refractivity contribution in [3.63, 3.8) is 0 Å². The van der Waals surface area contributed by atoms with Gasteiger partial charge in [0.25, 0.3) is 0 Å². The van der Waals surface area contributed by atoms with E-state index >= 15 is 0 Å². The van der Waals surface area contributed by atoms with Gasteiger partial charge >= 0.3 is 0 Å². The van der Waals surface area contributed by atoms with Gasteiger partial charge in [0.1, 0.15) is 0 Å². The number of hydrogen-bond donors (Lipinski definition) is 0. The van der Waals surface area contributed by atoms with Crippen LogP contribution in [0.5, 0.6) is 11.5 Å². The first kappa shape index (κ1) is 22.1. The standard InChI is InChI=1S/C23H28ClN3O3/c1-17(2)30-23-20(24)13-18(14-21(23)29-3)6-7-22(28)27-11-9-26(10-12-27)16-19-5-4-8-25-15-19/h4-8,13-15,17H,9-12,16H2,1-3H3/b7-6+. The minimum atomic E-state index is -0.0174. The van der Waals surface area contributed by atoms with Crippen molar-refractivity contribution in [3.05, 3.63) is 58.9 Å². The SMILES string of the molecule is COc1cc(/C=C/C(=O)N2CCN(Cc3cccnc3)CC2)cc(Cl)c1OC(C)C. The summed E-state index contributed by atoms with van der Waals surface area (Å²) in [6.45, 7) is 7.81. The molecule has 1 saturated heterocycles. The average Bonchev–Trinajstić information content (AvgIpc) is 2.74. The number of pyridine rings is 1. The summed E-state index contributed by atoms with van der Waals surface area (Å²) in [4.78, 5) is 21.0. The summed E-state index contributed by atoms with van der Waals surface area (Å²) in [6.07, 6.45) is 7.00. The molecule has 6 nitrogen and oxygen atoms in total. The molecule has 1 aliphatic heterocycles. The molecule has 0 aliphatic carbocycles. The predicted molar refractivity (Wildman–Crippen MR) is 119 cm³/mol.